The van der Waals surface area contributed by atoms with Crippen molar-refractivity contribution in [2.24, 2.45) is 40.6 Å². The molecule has 52 heavy (non-hydrogen) atoms. The second kappa shape index (κ2) is 27.7. The highest BCUT2D eigenvalue weighted by Gasteiger charge is 2.23. The van der Waals surface area contributed by atoms with Crippen LogP contribution >= 0.6 is 0 Å². The molecule has 13 heteroatoms. The van der Waals surface area contributed by atoms with Crippen LogP contribution in [0.4, 0.5) is 5.69 Å². The first-order valence-electron chi connectivity index (χ1n) is 18.3. The van der Waals surface area contributed by atoms with Crippen LogP contribution in [0.1, 0.15) is 127 Å². The van der Waals surface area contributed by atoms with Gasteiger partial charge in [0, 0.05) is 11.0 Å². The van der Waals surface area contributed by atoms with Gasteiger partial charge >= 0.3 is 17.9 Å². The molecule has 0 fully saturated rings. The molecule has 1 aromatic carbocycles. The van der Waals surface area contributed by atoms with E-state index in [4.69, 9.17) is 24.5 Å². The first kappa shape index (κ1) is 50.1. The van der Waals surface area contributed by atoms with Gasteiger partial charge in [0.25, 0.3) is 5.69 Å². The molecule has 0 N–H and O–H groups in total. The van der Waals surface area contributed by atoms with Crippen molar-refractivity contribution in [2.45, 2.75) is 128 Å². The van der Waals surface area contributed by atoms with E-state index < -0.39 is 17.3 Å². The second-order valence-corrected chi connectivity index (χ2v) is 14.9. The molecule has 0 heterocycles. The Labute approximate surface area is 312 Å². The van der Waals surface area contributed by atoms with Gasteiger partial charge in [-0.25, -0.2) is 0 Å². The molecule has 0 spiro atoms. The zero-order valence-electron chi connectivity index (χ0n) is 34.0. The molecule has 1 rings (SSSR count). The smallest absolute Gasteiger partial charge is 0.308 e. The number of ether oxygens (including phenoxy) is 4. The summed E-state index contributed by atoms with van der Waals surface area (Å²) >= 11 is 0. The average molecular weight is 735 g/mol. The van der Waals surface area contributed by atoms with Crippen LogP contribution < -0.4 is 0 Å². The fourth-order valence-electron chi connectivity index (χ4n) is 4.08. The van der Waals surface area contributed by atoms with Crippen molar-refractivity contribution in [2.75, 3.05) is 19.8 Å². The van der Waals surface area contributed by atoms with E-state index in [9.17, 15) is 24.5 Å². The number of esters is 3. The zero-order valence-corrected chi connectivity index (χ0v) is 34.0. The van der Waals surface area contributed by atoms with Crippen molar-refractivity contribution in [1.82, 2.24) is 0 Å². The lowest BCUT2D eigenvalue weighted by Crippen LogP contribution is -2.19. The fourth-order valence-corrected chi connectivity index (χ4v) is 4.08. The molecule has 0 aliphatic heterocycles. The lowest BCUT2D eigenvalue weighted by atomic mass is 9.98. The fraction of sp³-hybridized carbons (Fsp3) is 0.718. The summed E-state index contributed by atoms with van der Waals surface area (Å²) in [5.74, 6) is 0.306. The standard InChI is InChI=1S/C16H23NO4.C12H22O2.C11H21N3O3/c1-10(2)8-13-6-7-15(17(19)20)14(9-13)12(5)21-16(18)11(3)4;1-9(2)6-7-11(5)8-14-12(13)10(3)4;1-8(2)7-10(13-14-12)16-5-6-17-11(15)9(3)4/h6-7,9-12H,8H2,1-5H3;9-10H,5-8H2,1-4H3;8-10H,5-7H2,1-4H3. The van der Waals surface area contributed by atoms with Gasteiger partial charge in [0.15, 0.2) is 0 Å². The summed E-state index contributed by atoms with van der Waals surface area (Å²) in [7, 11) is 0. The minimum atomic E-state index is -0.632. The van der Waals surface area contributed by atoms with Crippen molar-refractivity contribution < 1.29 is 38.3 Å². The number of carbonyl (C=O) groups is 3. The number of azide groups is 1. The summed E-state index contributed by atoms with van der Waals surface area (Å²) in [6.07, 6.45) is 2.42. The number of hydrogen-bond donors (Lipinski definition) is 0. The van der Waals surface area contributed by atoms with E-state index in [0.717, 1.165) is 30.4 Å². The van der Waals surface area contributed by atoms with Crippen molar-refractivity contribution in [3.63, 3.8) is 0 Å². The third-order valence-electron chi connectivity index (χ3n) is 7.06. The van der Waals surface area contributed by atoms with E-state index >= 15 is 0 Å². The number of nitro benzene ring substituents is 1. The molecular formula is C39H66N4O9. The Morgan fingerprint density at radius 3 is 1.85 bits per heavy atom. The van der Waals surface area contributed by atoms with Gasteiger partial charge in [0.2, 0.25) is 0 Å². The number of carbonyl (C=O) groups excluding carboxylic acids is 3. The van der Waals surface area contributed by atoms with Gasteiger partial charge in [-0.05, 0) is 73.1 Å². The minimum Gasteiger partial charge on any atom is -0.463 e. The van der Waals surface area contributed by atoms with Crippen LogP contribution in [-0.2, 0) is 39.8 Å². The van der Waals surface area contributed by atoms with Gasteiger partial charge < -0.3 is 18.9 Å². The van der Waals surface area contributed by atoms with Gasteiger partial charge in [-0.15, -0.1) is 0 Å². The van der Waals surface area contributed by atoms with Crippen LogP contribution in [-0.4, -0.2) is 48.9 Å². The van der Waals surface area contributed by atoms with Crippen LogP contribution in [0, 0.1) is 45.6 Å². The van der Waals surface area contributed by atoms with E-state index in [1.165, 1.54) is 6.07 Å². The number of nitrogens with zero attached hydrogens (tertiary/aromatic N) is 4. The normalized spacial score (nSPS) is 12.0. The highest BCUT2D eigenvalue weighted by molar-refractivity contribution is 5.72. The molecule has 2 atom stereocenters. The van der Waals surface area contributed by atoms with Crippen molar-refractivity contribution in [3.05, 3.63) is 62.0 Å². The highest BCUT2D eigenvalue weighted by Crippen LogP contribution is 2.30. The van der Waals surface area contributed by atoms with E-state index in [-0.39, 0.29) is 54.6 Å². The first-order chi connectivity index (χ1) is 24.1. The molecule has 0 bridgehead atoms. The Bertz CT molecular complexity index is 1290. The van der Waals surface area contributed by atoms with Crippen LogP contribution in [0.25, 0.3) is 10.4 Å². The summed E-state index contributed by atoms with van der Waals surface area (Å²) in [5, 5.41) is 14.7. The van der Waals surface area contributed by atoms with Crippen molar-refractivity contribution >= 4 is 23.6 Å². The molecule has 0 aliphatic carbocycles. The maximum atomic E-state index is 11.7. The molecule has 2 unspecified atom stereocenters. The molecule has 0 saturated carbocycles. The topological polar surface area (TPSA) is 180 Å². The molecule has 1 aromatic rings. The van der Waals surface area contributed by atoms with E-state index in [1.807, 2.05) is 27.7 Å². The Morgan fingerprint density at radius 2 is 1.38 bits per heavy atom. The van der Waals surface area contributed by atoms with Gasteiger partial charge in [0.1, 0.15) is 25.5 Å². The molecule has 0 amide bonds. The number of rotatable bonds is 20. The second-order valence-electron chi connectivity index (χ2n) is 14.9. The predicted octanol–water partition coefficient (Wildman–Crippen LogP) is 10.1. The SMILES string of the molecule is C=C(CCC(C)C)COC(=O)C(C)C.CC(C)CC(N=[N+]=[N-])OCCOC(=O)C(C)C.CC(C)Cc1ccc([N+](=O)[O-])c(C(C)OC(=O)C(C)C)c1. The van der Waals surface area contributed by atoms with Gasteiger partial charge in [0.05, 0.1) is 34.8 Å². The maximum absolute atomic E-state index is 11.7. The molecular weight excluding hydrogens is 668 g/mol. The zero-order chi connectivity index (χ0) is 40.6. The largest absolute Gasteiger partial charge is 0.463 e. The summed E-state index contributed by atoms with van der Waals surface area (Å²) < 4.78 is 20.6. The van der Waals surface area contributed by atoms with Crippen molar-refractivity contribution in [3.8, 4) is 0 Å². The van der Waals surface area contributed by atoms with Crippen LogP contribution in [0.2, 0.25) is 0 Å². The maximum Gasteiger partial charge on any atom is 0.308 e. The quantitative estimate of drug-likeness (QED) is 0.0145. The molecule has 296 valence electrons. The molecule has 0 radical (unpaired) electrons. The first-order valence-corrected chi connectivity index (χ1v) is 18.3. The monoisotopic (exact) mass is 734 g/mol. The third kappa shape index (κ3) is 25.1. The van der Waals surface area contributed by atoms with Crippen molar-refractivity contribution in [1.29, 1.82) is 0 Å². The van der Waals surface area contributed by atoms with Gasteiger partial charge in [-0.2, -0.15) is 0 Å². The van der Waals surface area contributed by atoms with Gasteiger partial charge in [-0.3, -0.25) is 24.5 Å². The number of nitro groups is 1. The lowest BCUT2D eigenvalue weighted by molar-refractivity contribution is -0.386. The Balaban J connectivity index is 0. The molecule has 13 nitrogen and oxygen atoms in total. The van der Waals surface area contributed by atoms with Crippen LogP contribution in [0.3, 0.4) is 0 Å². The summed E-state index contributed by atoms with van der Waals surface area (Å²) in [4.78, 5) is 47.4. The highest BCUT2D eigenvalue weighted by atomic mass is 16.6. The summed E-state index contributed by atoms with van der Waals surface area (Å²) in [5.41, 5.74) is 10.8. The van der Waals surface area contributed by atoms with Crippen LogP contribution in [0.15, 0.2) is 35.5 Å². The predicted molar refractivity (Wildman–Crippen MR) is 204 cm³/mol. The lowest BCUT2D eigenvalue weighted by Gasteiger charge is -2.16. The molecule has 0 saturated heterocycles. The number of benzene rings is 1. The molecule has 0 aliphatic rings. The van der Waals surface area contributed by atoms with E-state index in [0.29, 0.717) is 36.3 Å². The number of hydrogen-bond acceptors (Lipinski definition) is 10. The van der Waals surface area contributed by atoms with Gasteiger partial charge in [-0.1, -0.05) is 101 Å². The minimum absolute atomic E-state index is 0.00781. The summed E-state index contributed by atoms with van der Waals surface area (Å²) in [6, 6.07) is 5.03. The summed E-state index contributed by atoms with van der Waals surface area (Å²) in [6.45, 7) is 29.6. The van der Waals surface area contributed by atoms with Crippen LogP contribution in [0.5, 0.6) is 0 Å². The van der Waals surface area contributed by atoms with E-state index in [1.54, 1.807) is 46.8 Å². The average Bonchev–Trinajstić information content (AvgIpc) is 3.04. The Hall–Kier alpha value is -3.96. The van der Waals surface area contributed by atoms with E-state index in [2.05, 4.69) is 44.3 Å². The Kier molecular flexibility index (Phi) is 26.7. The molecule has 0 aromatic heterocycles. The third-order valence-corrected chi connectivity index (χ3v) is 7.06. The Morgan fingerprint density at radius 1 is 0.827 bits per heavy atom.